The first kappa shape index (κ1) is 23.5. The van der Waals surface area contributed by atoms with Crippen LogP contribution in [0.5, 0.6) is 5.75 Å². The number of amides is 1. The molecule has 0 spiro atoms. The van der Waals surface area contributed by atoms with E-state index in [1.165, 1.54) is 5.39 Å². The van der Waals surface area contributed by atoms with Crippen LogP contribution in [0.15, 0.2) is 42.5 Å². The summed E-state index contributed by atoms with van der Waals surface area (Å²) in [4.78, 5) is 22.8. The molecule has 6 nitrogen and oxygen atoms in total. The summed E-state index contributed by atoms with van der Waals surface area (Å²) in [5, 5.41) is 9.47. The van der Waals surface area contributed by atoms with Gasteiger partial charge in [-0.2, -0.15) is 13.2 Å². The maximum Gasteiger partial charge on any atom is 0.490 e. The highest BCUT2D eigenvalue weighted by Crippen LogP contribution is 2.30. The Morgan fingerprint density at radius 2 is 1.67 bits per heavy atom. The van der Waals surface area contributed by atoms with E-state index in [9.17, 15) is 18.0 Å². The number of aliphatic carboxylic acids is 1. The second-order valence-electron chi connectivity index (χ2n) is 8.03. The van der Waals surface area contributed by atoms with Gasteiger partial charge in [0.15, 0.2) is 0 Å². The lowest BCUT2D eigenvalue weighted by atomic mass is 10.0. The Balaban J connectivity index is 0.000000396. The van der Waals surface area contributed by atoms with Gasteiger partial charge in [-0.1, -0.05) is 30.3 Å². The number of rotatable bonds is 3. The molecule has 0 saturated carbocycles. The van der Waals surface area contributed by atoms with Crippen molar-refractivity contribution in [3.63, 3.8) is 0 Å². The summed E-state index contributed by atoms with van der Waals surface area (Å²) >= 11 is 0. The van der Waals surface area contributed by atoms with Crippen molar-refractivity contribution in [3.8, 4) is 5.75 Å². The molecular formula is C21H25F3N2O4. The molecule has 1 aliphatic heterocycles. The molecule has 0 aromatic heterocycles. The lowest BCUT2D eigenvalue weighted by Crippen LogP contribution is -2.50. The van der Waals surface area contributed by atoms with Crippen molar-refractivity contribution in [2.75, 3.05) is 6.54 Å². The standard InChI is InChI=1S/C19H24N2O2.C2HF3O2/c1-19(2,3)21-12-16(11-17(21)18(20)22)23-15-9-8-13-6-4-5-7-14(13)10-15;3-2(4,5)1(6)7/h4-10,16-17H,11-12H2,1-3H3,(H2,20,22);(H,6,7)/t16-,17-;/m0./s1. The van der Waals surface area contributed by atoms with Gasteiger partial charge in [-0.15, -0.1) is 0 Å². The first-order valence-electron chi connectivity index (χ1n) is 9.30. The Hall–Kier alpha value is -2.81. The molecule has 3 rings (SSSR count). The lowest BCUT2D eigenvalue weighted by Gasteiger charge is -2.35. The smallest absolute Gasteiger partial charge is 0.489 e. The Morgan fingerprint density at radius 3 is 2.13 bits per heavy atom. The van der Waals surface area contributed by atoms with Gasteiger partial charge in [-0.3, -0.25) is 9.69 Å². The van der Waals surface area contributed by atoms with Gasteiger partial charge < -0.3 is 15.6 Å². The SMILES string of the molecule is CC(C)(C)N1C[C@@H](Oc2ccc3ccccc3c2)C[C@H]1C(N)=O.O=C(O)C(F)(F)F. The molecule has 1 fully saturated rings. The van der Waals surface area contributed by atoms with Crippen molar-refractivity contribution >= 4 is 22.6 Å². The number of benzene rings is 2. The average Bonchev–Trinajstić information content (AvgIpc) is 3.06. The minimum absolute atomic E-state index is 0.0205. The first-order valence-corrected chi connectivity index (χ1v) is 9.30. The van der Waals surface area contributed by atoms with E-state index in [0.29, 0.717) is 13.0 Å². The molecule has 0 unspecified atom stereocenters. The molecule has 1 saturated heterocycles. The molecule has 0 bridgehead atoms. The van der Waals surface area contributed by atoms with Gasteiger partial charge in [0.2, 0.25) is 5.91 Å². The number of halogens is 3. The molecule has 9 heteroatoms. The number of nitrogens with two attached hydrogens (primary N) is 1. The number of fused-ring (bicyclic) bond motifs is 1. The van der Waals surface area contributed by atoms with Crippen LogP contribution >= 0.6 is 0 Å². The Morgan fingerprint density at radius 1 is 1.10 bits per heavy atom. The number of hydrogen-bond acceptors (Lipinski definition) is 4. The number of primary amides is 1. The van der Waals surface area contributed by atoms with E-state index >= 15 is 0 Å². The van der Waals surface area contributed by atoms with Gasteiger partial charge in [0.1, 0.15) is 11.9 Å². The summed E-state index contributed by atoms with van der Waals surface area (Å²) in [7, 11) is 0. The highest BCUT2D eigenvalue weighted by Gasteiger charge is 2.42. The molecule has 1 aliphatic rings. The number of alkyl halides is 3. The topological polar surface area (TPSA) is 92.9 Å². The summed E-state index contributed by atoms with van der Waals surface area (Å²) < 4.78 is 37.9. The maximum atomic E-state index is 11.8. The molecule has 2 aromatic rings. The van der Waals surface area contributed by atoms with Crippen LogP contribution in [0.2, 0.25) is 0 Å². The average molecular weight is 426 g/mol. The summed E-state index contributed by atoms with van der Waals surface area (Å²) in [6.45, 7) is 7.01. The molecule has 2 aromatic carbocycles. The van der Waals surface area contributed by atoms with Crippen molar-refractivity contribution in [2.24, 2.45) is 5.73 Å². The Bertz CT molecular complexity index is 909. The predicted octanol–water partition coefficient (Wildman–Crippen LogP) is 3.58. The zero-order chi connectivity index (χ0) is 22.7. The highest BCUT2D eigenvalue weighted by molar-refractivity contribution is 5.83. The van der Waals surface area contributed by atoms with Crippen LogP contribution in [0.1, 0.15) is 27.2 Å². The summed E-state index contributed by atoms with van der Waals surface area (Å²) in [6.07, 6.45) is -4.47. The van der Waals surface area contributed by atoms with Crippen molar-refractivity contribution in [1.29, 1.82) is 0 Å². The number of ether oxygens (including phenoxy) is 1. The highest BCUT2D eigenvalue weighted by atomic mass is 19.4. The summed E-state index contributed by atoms with van der Waals surface area (Å²) in [6, 6.07) is 14.0. The van der Waals surface area contributed by atoms with Gasteiger partial charge in [0.25, 0.3) is 0 Å². The van der Waals surface area contributed by atoms with Crippen LogP contribution in [-0.4, -0.2) is 52.3 Å². The van der Waals surface area contributed by atoms with E-state index in [0.717, 1.165) is 11.1 Å². The van der Waals surface area contributed by atoms with Gasteiger partial charge in [-0.25, -0.2) is 4.79 Å². The van der Waals surface area contributed by atoms with E-state index in [2.05, 4.69) is 43.9 Å². The van der Waals surface area contributed by atoms with Crippen LogP contribution < -0.4 is 10.5 Å². The molecule has 1 heterocycles. The molecular weight excluding hydrogens is 401 g/mol. The van der Waals surface area contributed by atoms with E-state index in [-0.39, 0.29) is 23.6 Å². The largest absolute Gasteiger partial charge is 0.490 e. The van der Waals surface area contributed by atoms with Crippen LogP contribution in [0, 0.1) is 0 Å². The number of carbonyl (C=O) groups is 2. The number of likely N-dealkylation sites (tertiary alicyclic amines) is 1. The van der Waals surface area contributed by atoms with E-state index < -0.39 is 12.1 Å². The second kappa shape index (κ2) is 8.91. The number of hydrogen-bond donors (Lipinski definition) is 2. The van der Waals surface area contributed by atoms with Crippen molar-refractivity contribution in [2.45, 2.75) is 51.1 Å². The van der Waals surface area contributed by atoms with Gasteiger partial charge in [0, 0.05) is 18.5 Å². The molecule has 0 radical (unpaired) electrons. The minimum atomic E-state index is -5.08. The molecule has 1 amide bonds. The van der Waals surface area contributed by atoms with Crippen LogP contribution in [0.25, 0.3) is 10.8 Å². The molecule has 30 heavy (non-hydrogen) atoms. The van der Waals surface area contributed by atoms with Gasteiger partial charge in [-0.05, 0) is 43.7 Å². The van der Waals surface area contributed by atoms with Crippen molar-refractivity contribution < 1.29 is 32.6 Å². The number of nitrogens with zero attached hydrogens (tertiary/aromatic N) is 1. The van der Waals surface area contributed by atoms with Gasteiger partial charge in [0.05, 0.1) is 6.04 Å². The zero-order valence-corrected chi connectivity index (χ0v) is 16.9. The van der Waals surface area contributed by atoms with Crippen LogP contribution in [0.4, 0.5) is 13.2 Å². The number of carbonyl (C=O) groups excluding carboxylic acids is 1. The fourth-order valence-corrected chi connectivity index (χ4v) is 3.33. The molecule has 2 atom stereocenters. The van der Waals surface area contributed by atoms with E-state index in [1.54, 1.807) is 0 Å². The summed E-state index contributed by atoms with van der Waals surface area (Å²) in [5.74, 6) is -2.19. The normalized spacial score (nSPS) is 19.8. The van der Waals surface area contributed by atoms with E-state index in [1.807, 2.05) is 24.3 Å². The fraction of sp³-hybridized carbons (Fsp3) is 0.429. The van der Waals surface area contributed by atoms with Crippen molar-refractivity contribution in [1.82, 2.24) is 4.90 Å². The summed E-state index contributed by atoms with van der Waals surface area (Å²) in [5.41, 5.74) is 5.47. The first-order chi connectivity index (χ1) is 13.8. The van der Waals surface area contributed by atoms with Crippen molar-refractivity contribution in [3.05, 3.63) is 42.5 Å². The molecule has 164 valence electrons. The second-order valence-corrected chi connectivity index (χ2v) is 8.03. The fourth-order valence-electron chi connectivity index (χ4n) is 3.33. The predicted molar refractivity (Wildman–Crippen MR) is 106 cm³/mol. The van der Waals surface area contributed by atoms with Crippen LogP contribution in [-0.2, 0) is 9.59 Å². The number of carboxylic acid groups (broad SMARTS) is 1. The van der Waals surface area contributed by atoms with Crippen LogP contribution in [0.3, 0.4) is 0 Å². The monoisotopic (exact) mass is 426 g/mol. The van der Waals surface area contributed by atoms with E-state index in [4.69, 9.17) is 20.4 Å². The molecule has 3 N–H and O–H groups in total. The maximum absolute atomic E-state index is 11.8. The quantitative estimate of drug-likeness (QED) is 0.783. The minimum Gasteiger partial charge on any atom is -0.489 e. The molecule has 0 aliphatic carbocycles. The Labute approximate surface area is 172 Å². The Kier molecular flexibility index (Phi) is 6.97. The number of carboxylic acids is 1. The van der Waals surface area contributed by atoms with Gasteiger partial charge >= 0.3 is 12.1 Å². The third-order valence-electron chi connectivity index (χ3n) is 4.72. The zero-order valence-electron chi connectivity index (χ0n) is 16.9. The third kappa shape index (κ3) is 6.09. The lowest BCUT2D eigenvalue weighted by molar-refractivity contribution is -0.192. The third-order valence-corrected chi connectivity index (χ3v) is 4.72.